The zero-order valence-electron chi connectivity index (χ0n) is 11.7. The highest BCUT2D eigenvalue weighted by Gasteiger charge is 2.50. The van der Waals surface area contributed by atoms with Crippen LogP contribution < -0.4 is 5.32 Å². The lowest BCUT2D eigenvalue weighted by Crippen LogP contribution is -2.36. The molecule has 0 spiro atoms. The number of aliphatic hydroxyl groups is 1. The summed E-state index contributed by atoms with van der Waals surface area (Å²) in [6, 6.07) is 9.97. The maximum Gasteiger partial charge on any atom is 0.230 e. The molecule has 0 saturated heterocycles. The van der Waals surface area contributed by atoms with Crippen molar-refractivity contribution in [1.82, 2.24) is 5.32 Å². The van der Waals surface area contributed by atoms with Crippen molar-refractivity contribution in [2.75, 3.05) is 6.54 Å². The first-order chi connectivity index (χ1) is 9.06. The predicted octanol–water partition coefficient (Wildman–Crippen LogP) is 2.24. The average molecular weight is 261 g/mol. The van der Waals surface area contributed by atoms with Crippen LogP contribution in [0.1, 0.15) is 38.7 Å². The smallest absolute Gasteiger partial charge is 0.230 e. The number of carbonyl (C=O) groups excluding carboxylic acids is 1. The summed E-state index contributed by atoms with van der Waals surface area (Å²) in [6.07, 6.45) is 2.13. The molecule has 104 valence electrons. The molecule has 1 fully saturated rings. The molecule has 0 radical (unpaired) electrons. The first kappa shape index (κ1) is 14.1. The fourth-order valence-electron chi connectivity index (χ4n) is 2.37. The first-order valence-electron chi connectivity index (χ1n) is 7.08. The minimum Gasteiger partial charge on any atom is -0.393 e. The highest BCUT2D eigenvalue weighted by molar-refractivity contribution is 5.91. The van der Waals surface area contributed by atoms with Gasteiger partial charge in [-0.25, -0.2) is 0 Å². The largest absolute Gasteiger partial charge is 0.393 e. The molecule has 3 heteroatoms. The third kappa shape index (κ3) is 3.16. The number of nitrogens with one attached hydrogen (secondary N) is 1. The fraction of sp³-hybridized carbons (Fsp3) is 0.562. The summed E-state index contributed by atoms with van der Waals surface area (Å²) in [5.74, 6) is 0.343. The van der Waals surface area contributed by atoms with Crippen molar-refractivity contribution in [3.8, 4) is 0 Å². The van der Waals surface area contributed by atoms with Crippen LogP contribution >= 0.6 is 0 Å². The van der Waals surface area contributed by atoms with E-state index in [1.54, 1.807) is 0 Å². The highest BCUT2D eigenvalue weighted by Crippen LogP contribution is 2.48. The molecule has 1 atom stereocenters. The SMILES string of the molecule is CC(C)C(O)CCNC(=O)C1(c2ccccc2)CC1. The molecule has 1 aromatic rings. The average Bonchev–Trinajstić information content (AvgIpc) is 3.21. The van der Waals surface area contributed by atoms with E-state index in [1.165, 1.54) is 0 Å². The number of hydrogen-bond acceptors (Lipinski definition) is 2. The van der Waals surface area contributed by atoms with Gasteiger partial charge in [0.1, 0.15) is 0 Å². The molecule has 0 aliphatic heterocycles. The third-order valence-electron chi connectivity index (χ3n) is 4.01. The van der Waals surface area contributed by atoms with Crippen LogP contribution in [0.15, 0.2) is 30.3 Å². The number of hydrogen-bond donors (Lipinski definition) is 2. The van der Waals surface area contributed by atoms with E-state index in [2.05, 4.69) is 5.32 Å². The maximum absolute atomic E-state index is 12.3. The molecule has 0 aromatic heterocycles. The number of benzene rings is 1. The second-order valence-electron chi connectivity index (χ2n) is 5.80. The molecule has 1 unspecified atom stereocenters. The topological polar surface area (TPSA) is 49.3 Å². The van der Waals surface area contributed by atoms with Gasteiger partial charge in [0, 0.05) is 6.54 Å². The molecular formula is C16H23NO2. The van der Waals surface area contributed by atoms with Gasteiger partial charge in [0.05, 0.1) is 11.5 Å². The number of rotatable bonds is 6. The summed E-state index contributed by atoms with van der Waals surface area (Å²) in [7, 11) is 0. The molecule has 0 heterocycles. The van der Waals surface area contributed by atoms with Gasteiger partial charge in [-0.15, -0.1) is 0 Å². The molecule has 1 aliphatic rings. The molecule has 1 aliphatic carbocycles. The molecule has 3 nitrogen and oxygen atoms in total. The van der Waals surface area contributed by atoms with Crippen LogP contribution in [0.2, 0.25) is 0 Å². The number of carbonyl (C=O) groups is 1. The summed E-state index contributed by atoms with van der Waals surface area (Å²) < 4.78 is 0. The highest BCUT2D eigenvalue weighted by atomic mass is 16.3. The van der Waals surface area contributed by atoms with E-state index in [-0.39, 0.29) is 23.3 Å². The Bertz CT molecular complexity index is 424. The van der Waals surface area contributed by atoms with Crippen molar-refractivity contribution in [2.24, 2.45) is 5.92 Å². The van der Waals surface area contributed by atoms with E-state index in [0.29, 0.717) is 13.0 Å². The van der Waals surface area contributed by atoms with Crippen molar-refractivity contribution in [3.63, 3.8) is 0 Å². The Kier molecular flexibility index (Phi) is 4.25. The Hall–Kier alpha value is -1.35. The fourth-order valence-corrected chi connectivity index (χ4v) is 2.37. The van der Waals surface area contributed by atoms with Gasteiger partial charge in [-0.2, -0.15) is 0 Å². The predicted molar refractivity (Wildman–Crippen MR) is 75.8 cm³/mol. The first-order valence-corrected chi connectivity index (χ1v) is 7.08. The summed E-state index contributed by atoms with van der Waals surface area (Å²) in [6.45, 7) is 4.52. The standard InChI is InChI=1S/C16H23NO2/c1-12(2)14(18)8-11-17-15(19)16(9-10-16)13-6-4-3-5-7-13/h3-7,12,14,18H,8-11H2,1-2H3,(H,17,19). The minimum atomic E-state index is -0.341. The van der Waals surface area contributed by atoms with E-state index < -0.39 is 0 Å². The zero-order chi connectivity index (χ0) is 13.9. The second-order valence-corrected chi connectivity index (χ2v) is 5.80. The van der Waals surface area contributed by atoms with Crippen LogP contribution in [0.3, 0.4) is 0 Å². The van der Waals surface area contributed by atoms with Gasteiger partial charge >= 0.3 is 0 Å². The monoisotopic (exact) mass is 261 g/mol. The van der Waals surface area contributed by atoms with Crippen LogP contribution in [0.5, 0.6) is 0 Å². The summed E-state index contributed by atoms with van der Waals surface area (Å²) in [4.78, 5) is 12.3. The normalized spacial score (nSPS) is 18.1. The molecule has 19 heavy (non-hydrogen) atoms. The van der Waals surface area contributed by atoms with E-state index in [0.717, 1.165) is 18.4 Å². The lowest BCUT2D eigenvalue weighted by Gasteiger charge is -2.18. The molecule has 1 amide bonds. The van der Waals surface area contributed by atoms with Gasteiger partial charge < -0.3 is 10.4 Å². The van der Waals surface area contributed by atoms with Crippen LogP contribution in [-0.4, -0.2) is 23.7 Å². The molecule has 0 bridgehead atoms. The van der Waals surface area contributed by atoms with Gasteiger partial charge in [0.15, 0.2) is 0 Å². The summed E-state index contributed by atoms with van der Waals surface area (Å²) in [5.41, 5.74) is 0.807. The van der Waals surface area contributed by atoms with Crippen molar-refractivity contribution in [1.29, 1.82) is 0 Å². The molecule has 2 N–H and O–H groups in total. The van der Waals surface area contributed by atoms with Gasteiger partial charge in [-0.05, 0) is 30.7 Å². The van der Waals surface area contributed by atoms with Gasteiger partial charge in [0.2, 0.25) is 5.91 Å². The van der Waals surface area contributed by atoms with Crippen LogP contribution in [0, 0.1) is 5.92 Å². The number of aliphatic hydroxyl groups excluding tert-OH is 1. The van der Waals surface area contributed by atoms with E-state index in [9.17, 15) is 9.90 Å². The number of amides is 1. The Labute approximate surface area is 115 Å². The maximum atomic E-state index is 12.3. The third-order valence-corrected chi connectivity index (χ3v) is 4.01. The van der Waals surface area contributed by atoms with Gasteiger partial charge in [-0.1, -0.05) is 44.2 Å². The Balaban J connectivity index is 1.87. The molecule has 1 aromatic carbocycles. The lowest BCUT2D eigenvalue weighted by molar-refractivity contribution is -0.123. The van der Waals surface area contributed by atoms with Gasteiger partial charge in [-0.3, -0.25) is 4.79 Å². The Morgan fingerprint density at radius 1 is 1.32 bits per heavy atom. The molecule has 1 saturated carbocycles. The van der Waals surface area contributed by atoms with Gasteiger partial charge in [0.25, 0.3) is 0 Å². The molecular weight excluding hydrogens is 238 g/mol. The van der Waals surface area contributed by atoms with Crippen molar-refractivity contribution in [2.45, 2.75) is 44.6 Å². The Morgan fingerprint density at radius 3 is 2.47 bits per heavy atom. The Morgan fingerprint density at radius 2 is 1.95 bits per heavy atom. The van der Waals surface area contributed by atoms with Crippen LogP contribution in [0.25, 0.3) is 0 Å². The summed E-state index contributed by atoms with van der Waals surface area (Å²) in [5, 5.41) is 12.7. The van der Waals surface area contributed by atoms with E-state index in [1.807, 2.05) is 44.2 Å². The lowest BCUT2D eigenvalue weighted by atomic mass is 9.95. The van der Waals surface area contributed by atoms with Crippen LogP contribution in [0.4, 0.5) is 0 Å². The van der Waals surface area contributed by atoms with Crippen molar-refractivity contribution in [3.05, 3.63) is 35.9 Å². The zero-order valence-corrected chi connectivity index (χ0v) is 11.7. The van der Waals surface area contributed by atoms with Crippen molar-refractivity contribution < 1.29 is 9.90 Å². The minimum absolute atomic E-state index is 0.106. The van der Waals surface area contributed by atoms with E-state index in [4.69, 9.17) is 0 Å². The second kappa shape index (κ2) is 5.74. The van der Waals surface area contributed by atoms with Crippen molar-refractivity contribution >= 4 is 5.91 Å². The summed E-state index contributed by atoms with van der Waals surface area (Å²) >= 11 is 0. The van der Waals surface area contributed by atoms with Crippen LogP contribution in [-0.2, 0) is 10.2 Å². The van der Waals surface area contributed by atoms with E-state index >= 15 is 0 Å². The molecule has 2 rings (SSSR count). The quantitative estimate of drug-likeness (QED) is 0.825.